The number of hydrogen-bond acceptors (Lipinski definition) is 13. The highest BCUT2D eigenvalue weighted by molar-refractivity contribution is 7.89. The predicted octanol–water partition coefficient (Wildman–Crippen LogP) is -1.17. The van der Waals surface area contributed by atoms with Crippen LogP contribution in [0.5, 0.6) is 11.5 Å². The Morgan fingerprint density at radius 1 is 1.00 bits per heavy atom. The number of rotatable bonds is 12. The van der Waals surface area contributed by atoms with Crippen molar-refractivity contribution in [2.75, 3.05) is 26.4 Å². The zero-order chi connectivity index (χ0) is 24.0. The van der Waals surface area contributed by atoms with Crippen molar-refractivity contribution in [3.05, 3.63) is 45.4 Å². The quantitative estimate of drug-likeness (QED) is 0.0658. The van der Waals surface area contributed by atoms with E-state index in [2.05, 4.69) is 23.2 Å². The fraction of sp³-hybridized carbons (Fsp3) is 0.250. The lowest BCUT2D eigenvalue weighted by atomic mass is 10.1. The van der Waals surface area contributed by atoms with Crippen molar-refractivity contribution in [3.8, 4) is 23.6 Å². The van der Waals surface area contributed by atoms with Gasteiger partial charge in [0.1, 0.15) is 24.7 Å². The molecular formula is C16H10N4O10S2-2. The molecule has 0 fully saturated rings. The second kappa shape index (κ2) is 13.8. The number of nitriles is 2. The van der Waals surface area contributed by atoms with Crippen molar-refractivity contribution in [2.45, 2.75) is 0 Å². The molecule has 0 aliphatic heterocycles. The smallest absolute Gasteiger partial charge is 0.272 e. The molecule has 0 saturated carbocycles. The van der Waals surface area contributed by atoms with Gasteiger partial charge in [-0.3, -0.25) is 13.4 Å². The number of nitrogens with zero attached hydrogens (tertiary/aromatic N) is 4. The minimum Gasteiger partial charge on any atom is -0.726 e. The van der Waals surface area contributed by atoms with E-state index in [9.17, 15) is 28.8 Å². The third-order valence-corrected chi connectivity index (χ3v) is 3.95. The SMILES string of the molecule is [C-]#[N+]/C(C#N)=c1/cc(OCCOS(=O)(=O)[O-])/c(=C(\C#N)[N+]#[C-])cc1OCCOSOO[O-]. The summed E-state index contributed by atoms with van der Waals surface area (Å²) in [7, 11) is -4.96. The van der Waals surface area contributed by atoms with E-state index in [1.165, 1.54) is 6.07 Å². The molecule has 0 aliphatic rings. The highest BCUT2D eigenvalue weighted by Crippen LogP contribution is 2.13. The summed E-state index contributed by atoms with van der Waals surface area (Å²) in [6.07, 6.45) is 0. The maximum Gasteiger partial charge on any atom is 0.272 e. The van der Waals surface area contributed by atoms with Gasteiger partial charge in [-0.05, 0) is 12.1 Å². The molecule has 0 spiro atoms. The molecule has 0 bridgehead atoms. The van der Waals surface area contributed by atoms with Crippen LogP contribution in [0.2, 0.25) is 0 Å². The van der Waals surface area contributed by atoms with Crippen LogP contribution in [-0.4, -0.2) is 39.4 Å². The second-order valence-corrected chi connectivity index (χ2v) is 6.50. The van der Waals surface area contributed by atoms with Crippen molar-refractivity contribution < 1.29 is 45.4 Å². The molecule has 1 rings (SSSR count). The van der Waals surface area contributed by atoms with Crippen molar-refractivity contribution in [3.63, 3.8) is 0 Å². The molecule has 0 saturated heterocycles. The van der Waals surface area contributed by atoms with Crippen LogP contribution in [0.3, 0.4) is 0 Å². The van der Waals surface area contributed by atoms with E-state index in [0.717, 1.165) is 6.07 Å². The van der Waals surface area contributed by atoms with E-state index in [4.69, 9.17) is 26.8 Å². The molecule has 14 nitrogen and oxygen atoms in total. The average molecular weight is 482 g/mol. The summed E-state index contributed by atoms with van der Waals surface area (Å²) < 4.78 is 55.0. The van der Waals surface area contributed by atoms with Gasteiger partial charge < -0.3 is 19.3 Å². The van der Waals surface area contributed by atoms with E-state index in [1.807, 2.05) is 0 Å². The molecule has 0 amide bonds. The van der Waals surface area contributed by atoms with Crippen LogP contribution in [-0.2, 0) is 28.1 Å². The molecule has 0 heterocycles. The largest absolute Gasteiger partial charge is 0.726 e. The highest BCUT2D eigenvalue weighted by Gasteiger charge is 2.12. The molecule has 0 radical (unpaired) electrons. The van der Waals surface area contributed by atoms with E-state index >= 15 is 0 Å². The first-order chi connectivity index (χ1) is 15.3. The van der Waals surface area contributed by atoms with Crippen LogP contribution in [0, 0.1) is 35.8 Å². The Hall–Kier alpha value is -3.42. The van der Waals surface area contributed by atoms with Gasteiger partial charge in [-0.25, -0.2) is 28.6 Å². The maximum absolute atomic E-state index is 10.5. The first kappa shape index (κ1) is 26.6. The lowest BCUT2D eigenvalue weighted by Gasteiger charge is -2.13. The third kappa shape index (κ3) is 8.75. The summed E-state index contributed by atoms with van der Waals surface area (Å²) in [6, 6.07) is 5.61. The molecule has 0 unspecified atom stereocenters. The molecule has 1 aromatic rings. The lowest BCUT2D eigenvalue weighted by molar-refractivity contribution is -0.777. The van der Waals surface area contributed by atoms with Crippen LogP contribution >= 0.6 is 12.3 Å². The minimum absolute atomic E-state index is 0.0623. The topological polar surface area (TPSA) is 192 Å². The summed E-state index contributed by atoms with van der Waals surface area (Å²) in [5.41, 5.74) is -0.864. The Morgan fingerprint density at radius 3 is 1.91 bits per heavy atom. The second-order valence-electron chi connectivity index (χ2n) is 4.94. The molecule has 32 heavy (non-hydrogen) atoms. The molecule has 168 valence electrons. The van der Waals surface area contributed by atoms with Gasteiger partial charge in [0.15, 0.2) is 12.3 Å². The van der Waals surface area contributed by atoms with Crippen molar-refractivity contribution in [2.24, 2.45) is 0 Å². The fourth-order valence-electron chi connectivity index (χ4n) is 2.00. The van der Waals surface area contributed by atoms with Crippen LogP contribution < -0.4 is 25.2 Å². The standard InChI is InChI=1S/C16H12N4O10S2/c1-19-13(9-17)11-8-16(26-4-6-28-32(22,23)24)12(14(10-18)20-2)7-15(11)25-3-5-27-31-30-29-21/h7-8,21H,3-6H2,(H,22,23,24)/p-2/b13-11-,14-12+. The Bertz CT molecular complexity index is 1170. The van der Waals surface area contributed by atoms with Crippen molar-refractivity contribution in [1.82, 2.24) is 0 Å². The third-order valence-electron chi connectivity index (χ3n) is 3.12. The summed E-state index contributed by atoms with van der Waals surface area (Å²) in [5, 5.41) is 31.0. The summed E-state index contributed by atoms with van der Waals surface area (Å²) in [4.78, 5) is 6.14. The number of benzene rings is 1. The molecule has 0 atom stereocenters. The lowest BCUT2D eigenvalue weighted by Crippen LogP contribution is -2.22. The van der Waals surface area contributed by atoms with Crippen LogP contribution in [0.4, 0.5) is 0 Å². The van der Waals surface area contributed by atoms with Gasteiger partial charge >= 0.3 is 0 Å². The summed E-state index contributed by atoms with van der Waals surface area (Å²) in [5.74, 6) is -0.250. The first-order valence-corrected chi connectivity index (χ1v) is 9.89. The molecule has 0 aromatic heterocycles. The van der Waals surface area contributed by atoms with E-state index in [0.29, 0.717) is 0 Å². The van der Waals surface area contributed by atoms with Gasteiger partial charge in [0.2, 0.25) is 10.4 Å². The Labute approximate surface area is 185 Å². The van der Waals surface area contributed by atoms with Gasteiger partial charge in [0.25, 0.3) is 11.4 Å². The zero-order valence-electron chi connectivity index (χ0n) is 15.7. The summed E-state index contributed by atoms with van der Waals surface area (Å²) in [6.45, 7) is 12.8. The van der Waals surface area contributed by atoms with Gasteiger partial charge in [-0.15, -0.1) is 4.33 Å². The van der Waals surface area contributed by atoms with E-state index < -0.39 is 35.0 Å². The number of ether oxygens (including phenoxy) is 2. The zero-order valence-corrected chi connectivity index (χ0v) is 17.3. The molecule has 0 N–H and O–H groups in total. The molecule has 1 aromatic carbocycles. The van der Waals surface area contributed by atoms with E-state index in [-0.39, 0.29) is 47.5 Å². The van der Waals surface area contributed by atoms with Gasteiger partial charge in [0, 0.05) is 10.4 Å². The number of hydrogen-bond donors (Lipinski definition) is 0. The predicted molar refractivity (Wildman–Crippen MR) is 99.3 cm³/mol. The first-order valence-electron chi connectivity index (χ1n) is 7.89. The van der Waals surface area contributed by atoms with Gasteiger partial charge in [-0.1, -0.05) is 0 Å². The maximum atomic E-state index is 10.5. The fourth-order valence-corrected chi connectivity index (χ4v) is 2.47. The van der Waals surface area contributed by atoms with Crippen molar-refractivity contribution >= 4 is 34.1 Å². The molecule has 0 aliphatic carbocycles. The van der Waals surface area contributed by atoms with Crippen LogP contribution in [0.25, 0.3) is 21.1 Å². The average Bonchev–Trinajstić information content (AvgIpc) is 2.76. The minimum atomic E-state index is -4.96. The normalized spacial score (nSPS) is 12.4. The highest BCUT2D eigenvalue weighted by atomic mass is 32.3. The van der Waals surface area contributed by atoms with E-state index in [1.54, 1.807) is 12.1 Å². The Morgan fingerprint density at radius 2 is 1.50 bits per heavy atom. The Balaban J connectivity index is 3.41. The summed E-state index contributed by atoms with van der Waals surface area (Å²) >= 11 is 0.234. The van der Waals surface area contributed by atoms with Gasteiger partial charge in [0.05, 0.1) is 38.5 Å². The molecular weight excluding hydrogens is 472 g/mol. The van der Waals surface area contributed by atoms with Crippen LogP contribution in [0.15, 0.2) is 12.1 Å². The van der Waals surface area contributed by atoms with Crippen LogP contribution in [0.1, 0.15) is 0 Å². The van der Waals surface area contributed by atoms with Gasteiger partial charge in [-0.2, -0.15) is 0 Å². The Kier molecular flexibility index (Phi) is 11.5. The monoisotopic (exact) mass is 482 g/mol. The van der Waals surface area contributed by atoms with Crippen molar-refractivity contribution in [1.29, 1.82) is 10.5 Å². The molecule has 16 heteroatoms.